The van der Waals surface area contributed by atoms with E-state index in [1.54, 1.807) is 4.31 Å². The largest absolute Gasteiger partial charge is 0.319 e. The molecule has 2 N–H and O–H groups in total. The van der Waals surface area contributed by atoms with Crippen LogP contribution in [0.2, 0.25) is 0 Å². The summed E-state index contributed by atoms with van der Waals surface area (Å²) < 4.78 is 29.3. The lowest BCUT2D eigenvalue weighted by molar-refractivity contribution is 0.264. The van der Waals surface area contributed by atoms with Crippen molar-refractivity contribution < 1.29 is 8.42 Å². The first-order valence-corrected chi connectivity index (χ1v) is 9.30. The summed E-state index contributed by atoms with van der Waals surface area (Å²) in [5.74, 6) is 1.01. The lowest BCUT2D eigenvalue weighted by Gasteiger charge is -2.33. The van der Waals surface area contributed by atoms with Gasteiger partial charge in [0.25, 0.3) is 10.2 Å². The van der Waals surface area contributed by atoms with Crippen LogP contribution in [0.1, 0.15) is 46.5 Å². The highest BCUT2D eigenvalue weighted by Crippen LogP contribution is 2.20. The molecule has 0 bridgehead atoms. The molecule has 5 nitrogen and oxygen atoms in total. The fourth-order valence-electron chi connectivity index (χ4n) is 3.04. The van der Waals surface area contributed by atoms with Crippen LogP contribution in [-0.2, 0) is 10.2 Å². The highest BCUT2D eigenvalue weighted by Gasteiger charge is 2.29. The Balaban J connectivity index is 2.53. The molecule has 0 spiro atoms. The summed E-state index contributed by atoms with van der Waals surface area (Å²) in [6.45, 7) is 8.45. The van der Waals surface area contributed by atoms with Crippen molar-refractivity contribution in [2.45, 2.75) is 52.5 Å². The van der Waals surface area contributed by atoms with Crippen molar-refractivity contribution in [2.75, 3.05) is 26.7 Å². The van der Waals surface area contributed by atoms with Gasteiger partial charge >= 0.3 is 0 Å². The van der Waals surface area contributed by atoms with Gasteiger partial charge in [-0.1, -0.05) is 26.7 Å². The minimum Gasteiger partial charge on any atom is -0.319 e. The minimum absolute atomic E-state index is 0.00466. The molecule has 1 aliphatic heterocycles. The van der Waals surface area contributed by atoms with Crippen molar-refractivity contribution in [2.24, 2.45) is 11.8 Å². The topological polar surface area (TPSA) is 61.4 Å². The van der Waals surface area contributed by atoms with Gasteiger partial charge in [0.1, 0.15) is 0 Å². The van der Waals surface area contributed by atoms with Gasteiger partial charge in [-0.2, -0.15) is 17.4 Å². The third kappa shape index (κ3) is 4.98. The highest BCUT2D eigenvalue weighted by molar-refractivity contribution is 7.87. The molecular weight excluding hydrogens is 274 g/mol. The standard InChI is InChI=1S/C14H31N3O2S/c1-5-14(6-2)12(3)16-20(18,19)17-9-7-13(8-10-17)11-15-4/h12-16H,5-11H2,1-4H3. The minimum atomic E-state index is -3.32. The Morgan fingerprint density at radius 3 is 2.20 bits per heavy atom. The van der Waals surface area contributed by atoms with Crippen molar-refractivity contribution >= 4 is 10.2 Å². The molecule has 0 aliphatic carbocycles. The second-order valence-corrected chi connectivity index (χ2v) is 7.59. The molecule has 0 aromatic heterocycles. The fraction of sp³-hybridized carbons (Fsp3) is 1.00. The van der Waals surface area contributed by atoms with Crippen LogP contribution in [0.5, 0.6) is 0 Å². The lowest BCUT2D eigenvalue weighted by Crippen LogP contribution is -2.49. The monoisotopic (exact) mass is 305 g/mol. The van der Waals surface area contributed by atoms with E-state index < -0.39 is 10.2 Å². The van der Waals surface area contributed by atoms with E-state index in [9.17, 15) is 8.42 Å². The van der Waals surface area contributed by atoms with Crippen molar-refractivity contribution in [1.82, 2.24) is 14.3 Å². The average Bonchev–Trinajstić information content (AvgIpc) is 2.40. The molecule has 0 amide bonds. The maximum absolute atomic E-state index is 12.4. The van der Waals surface area contributed by atoms with Crippen LogP contribution in [-0.4, -0.2) is 45.4 Å². The SMILES string of the molecule is CCC(CC)C(C)NS(=O)(=O)N1CCC(CNC)CC1. The Morgan fingerprint density at radius 2 is 1.75 bits per heavy atom. The molecule has 1 saturated heterocycles. The van der Waals surface area contributed by atoms with Gasteiger partial charge in [0.2, 0.25) is 0 Å². The van der Waals surface area contributed by atoms with Gasteiger partial charge in [0, 0.05) is 19.1 Å². The Bertz CT molecular complexity index is 361. The van der Waals surface area contributed by atoms with Gasteiger partial charge in [0.05, 0.1) is 0 Å². The quantitative estimate of drug-likeness (QED) is 0.716. The van der Waals surface area contributed by atoms with E-state index in [1.165, 1.54) is 0 Å². The van der Waals surface area contributed by atoms with Crippen molar-refractivity contribution in [1.29, 1.82) is 0 Å². The zero-order chi connectivity index (χ0) is 15.2. The van der Waals surface area contributed by atoms with Crippen LogP contribution in [0.3, 0.4) is 0 Å². The fourth-order valence-corrected chi connectivity index (χ4v) is 4.55. The van der Waals surface area contributed by atoms with Crippen LogP contribution < -0.4 is 10.0 Å². The van der Waals surface area contributed by atoms with Crippen LogP contribution >= 0.6 is 0 Å². The number of rotatable bonds is 8. The van der Waals surface area contributed by atoms with E-state index >= 15 is 0 Å². The van der Waals surface area contributed by atoms with Crippen molar-refractivity contribution in [3.8, 4) is 0 Å². The van der Waals surface area contributed by atoms with E-state index in [2.05, 4.69) is 23.9 Å². The first kappa shape index (κ1) is 17.9. The average molecular weight is 305 g/mol. The number of piperidine rings is 1. The molecule has 1 unspecified atom stereocenters. The number of hydrogen-bond donors (Lipinski definition) is 2. The Hall–Kier alpha value is -0.170. The summed E-state index contributed by atoms with van der Waals surface area (Å²) in [4.78, 5) is 0. The molecule has 1 rings (SSSR count). The molecule has 120 valence electrons. The van der Waals surface area contributed by atoms with Gasteiger partial charge in [0.15, 0.2) is 0 Å². The summed E-state index contributed by atoms with van der Waals surface area (Å²) in [7, 11) is -1.38. The van der Waals surface area contributed by atoms with Gasteiger partial charge in [-0.3, -0.25) is 0 Å². The molecule has 6 heteroatoms. The summed E-state index contributed by atoms with van der Waals surface area (Å²) in [5, 5.41) is 3.17. The summed E-state index contributed by atoms with van der Waals surface area (Å²) >= 11 is 0. The second kappa shape index (κ2) is 8.32. The van der Waals surface area contributed by atoms with Crippen molar-refractivity contribution in [3.63, 3.8) is 0 Å². The van der Waals surface area contributed by atoms with Crippen LogP contribution in [0.4, 0.5) is 0 Å². The second-order valence-electron chi connectivity index (χ2n) is 5.89. The van der Waals surface area contributed by atoms with Crippen LogP contribution in [0.25, 0.3) is 0 Å². The summed E-state index contributed by atoms with van der Waals surface area (Å²) in [5.41, 5.74) is 0. The third-order valence-electron chi connectivity index (χ3n) is 4.50. The molecule has 0 saturated carbocycles. The molecule has 0 radical (unpaired) electrons. The summed E-state index contributed by atoms with van der Waals surface area (Å²) in [6, 6.07) is 0.00466. The number of nitrogens with one attached hydrogen (secondary N) is 2. The van der Waals surface area contributed by atoms with E-state index in [-0.39, 0.29) is 6.04 Å². The molecule has 1 aliphatic rings. The zero-order valence-corrected chi connectivity index (χ0v) is 14.2. The molecular formula is C14H31N3O2S. The molecule has 1 atom stereocenters. The normalized spacial score (nSPS) is 20.4. The van der Waals surface area contributed by atoms with Crippen molar-refractivity contribution in [3.05, 3.63) is 0 Å². The predicted molar refractivity (Wildman–Crippen MR) is 83.8 cm³/mol. The molecule has 20 heavy (non-hydrogen) atoms. The Labute approximate surface area is 124 Å². The van der Waals surface area contributed by atoms with E-state index in [0.29, 0.717) is 24.9 Å². The maximum atomic E-state index is 12.4. The zero-order valence-electron chi connectivity index (χ0n) is 13.4. The van der Waals surface area contributed by atoms with Gasteiger partial charge in [-0.15, -0.1) is 0 Å². The van der Waals surface area contributed by atoms with E-state index in [4.69, 9.17) is 0 Å². The first-order valence-electron chi connectivity index (χ1n) is 7.86. The van der Waals surface area contributed by atoms with Gasteiger partial charge in [-0.05, 0) is 45.2 Å². The highest BCUT2D eigenvalue weighted by atomic mass is 32.2. The number of hydrogen-bond acceptors (Lipinski definition) is 3. The number of nitrogens with zero attached hydrogens (tertiary/aromatic N) is 1. The van der Waals surface area contributed by atoms with E-state index in [1.807, 2.05) is 14.0 Å². The lowest BCUT2D eigenvalue weighted by atomic mass is 9.96. The maximum Gasteiger partial charge on any atom is 0.279 e. The Morgan fingerprint density at radius 1 is 1.20 bits per heavy atom. The van der Waals surface area contributed by atoms with Gasteiger partial charge < -0.3 is 5.32 Å². The van der Waals surface area contributed by atoms with Crippen LogP contribution in [0.15, 0.2) is 0 Å². The molecule has 0 aromatic rings. The van der Waals surface area contributed by atoms with Gasteiger partial charge in [-0.25, -0.2) is 0 Å². The van der Waals surface area contributed by atoms with Crippen LogP contribution in [0, 0.1) is 11.8 Å². The smallest absolute Gasteiger partial charge is 0.279 e. The molecule has 1 fully saturated rings. The molecule has 0 aromatic carbocycles. The molecule has 1 heterocycles. The first-order chi connectivity index (χ1) is 9.44. The predicted octanol–water partition coefficient (Wildman–Crippen LogP) is 1.58. The third-order valence-corrected chi connectivity index (χ3v) is 6.21. The van der Waals surface area contributed by atoms with E-state index in [0.717, 1.165) is 32.2 Å². The Kier molecular flexibility index (Phi) is 7.43. The summed E-state index contributed by atoms with van der Waals surface area (Å²) in [6.07, 6.45) is 3.90.